The summed E-state index contributed by atoms with van der Waals surface area (Å²) in [6, 6.07) is 11.2. The normalized spacial score (nSPS) is 30.2. The van der Waals surface area contributed by atoms with E-state index >= 15 is 0 Å². The maximum Gasteiger partial charge on any atom is 0.306 e. The number of nitrogens with zero attached hydrogens (tertiary/aromatic N) is 1. The van der Waals surface area contributed by atoms with E-state index in [4.69, 9.17) is 4.74 Å². The molecule has 0 radical (unpaired) electrons. The molecule has 2 bridgehead atoms. The molecule has 2 saturated heterocycles. The predicted molar refractivity (Wildman–Crippen MR) is 137 cm³/mol. The van der Waals surface area contributed by atoms with Crippen molar-refractivity contribution in [1.82, 2.24) is 4.90 Å². The van der Waals surface area contributed by atoms with E-state index in [0.29, 0.717) is 23.4 Å². The first-order valence-electron chi connectivity index (χ1n) is 13.8. The smallest absolute Gasteiger partial charge is 0.306 e. The summed E-state index contributed by atoms with van der Waals surface area (Å²) in [6.07, 6.45) is 10.7. The van der Waals surface area contributed by atoms with Crippen molar-refractivity contribution in [2.24, 2.45) is 11.8 Å². The summed E-state index contributed by atoms with van der Waals surface area (Å²) in [7, 11) is 0. The summed E-state index contributed by atoms with van der Waals surface area (Å²) in [5.41, 5.74) is 1.84. The summed E-state index contributed by atoms with van der Waals surface area (Å²) >= 11 is 0. The van der Waals surface area contributed by atoms with Crippen LogP contribution >= 0.6 is 0 Å². The van der Waals surface area contributed by atoms with E-state index in [1.807, 2.05) is 6.07 Å². The minimum absolute atomic E-state index is 0.172. The van der Waals surface area contributed by atoms with Gasteiger partial charge in [0, 0.05) is 23.7 Å². The van der Waals surface area contributed by atoms with Gasteiger partial charge in [-0.25, -0.2) is 4.39 Å². The Bertz CT molecular complexity index is 1030. The number of halogens is 1. The van der Waals surface area contributed by atoms with Gasteiger partial charge in [0.2, 0.25) is 0 Å². The van der Waals surface area contributed by atoms with Crippen molar-refractivity contribution in [3.63, 3.8) is 0 Å². The highest BCUT2D eigenvalue weighted by Crippen LogP contribution is 2.43. The quantitative estimate of drug-likeness (QED) is 0.447. The fourth-order valence-corrected chi connectivity index (χ4v) is 7.15. The van der Waals surface area contributed by atoms with E-state index in [1.54, 1.807) is 0 Å². The molecule has 4 nitrogen and oxygen atoms in total. The van der Waals surface area contributed by atoms with E-state index in [0.717, 1.165) is 55.2 Å². The number of rotatable bonds is 7. The van der Waals surface area contributed by atoms with Gasteiger partial charge in [-0.1, -0.05) is 38.0 Å². The van der Waals surface area contributed by atoms with Crippen LogP contribution in [0.3, 0.4) is 0 Å². The molecule has 35 heavy (non-hydrogen) atoms. The highest BCUT2D eigenvalue weighted by molar-refractivity contribution is 5.88. The average molecular weight is 482 g/mol. The largest absolute Gasteiger partial charge is 0.490 e. The van der Waals surface area contributed by atoms with E-state index in [2.05, 4.69) is 43.0 Å². The van der Waals surface area contributed by atoms with Crippen molar-refractivity contribution in [2.45, 2.75) is 109 Å². The average Bonchev–Trinajstić information content (AvgIpc) is 2.87. The third-order valence-corrected chi connectivity index (χ3v) is 9.22. The molecular weight excluding hydrogens is 441 g/mol. The molecule has 2 aliphatic heterocycles. The maximum atomic E-state index is 14.4. The van der Waals surface area contributed by atoms with Crippen molar-refractivity contribution in [1.29, 1.82) is 0 Å². The number of hydrogen-bond acceptors (Lipinski definition) is 3. The van der Waals surface area contributed by atoms with Gasteiger partial charge in [-0.05, 0) is 92.7 Å². The Hall–Kier alpha value is -2.14. The van der Waals surface area contributed by atoms with Crippen LogP contribution in [0.4, 0.5) is 4.39 Å². The number of piperidine rings is 2. The first kappa shape index (κ1) is 24.5. The monoisotopic (exact) mass is 481 g/mol. The minimum atomic E-state index is -0.650. The second-order valence-electron chi connectivity index (χ2n) is 11.2. The van der Waals surface area contributed by atoms with E-state index < -0.39 is 12.6 Å². The van der Waals surface area contributed by atoms with Gasteiger partial charge in [-0.2, -0.15) is 0 Å². The van der Waals surface area contributed by atoms with Gasteiger partial charge in [0.05, 0.1) is 12.0 Å². The predicted octanol–water partition coefficient (Wildman–Crippen LogP) is 7.44. The standard InChI is InChI=1S/C30H40FNO3/c1-3-20-7-12-26(13-8-20)35-29-14-11-21-9-10-22(17-27(21)28(29)18-31)19(2)32-24-5-4-6-25(32)16-23(15-24)30(33)34/h9-11,14,17,19-20,23-26H,3-8,12-13,15-16,18H2,1-2H3,(H,33,34)/t19?,20-,23?,24?,25?,26+. The lowest BCUT2D eigenvalue weighted by Crippen LogP contribution is -2.53. The zero-order valence-corrected chi connectivity index (χ0v) is 21.2. The molecule has 2 aromatic rings. The van der Waals surface area contributed by atoms with Crippen molar-refractivity contribution < 1.29 is 19.0 Å². The molecule has 0 aromatic heterocycles. The van der Waals surface area contributed by atoms with Crippen LogP contribution in [0.25, 0.3) is 10.8 Å². The van der Waals surface area contributed by atoms with Crippen LogP contribution in [0.1, 0.15) is 95.2 Å². The van der Waals surface area contributed by atoms with Crippen LogP contribution < -0.4 is 4.74 Å². The molecule has 1 saturated carbocycles. The summed E-state index contributed by atoms with van der Waals surface area (Å²) in [5.74, 6) is 0.624. The fourth-order valence-electron chi connectivity index (χ4n) is 7.15. The minimum Gasteiger partial charge on any atom is -0.490 e. The van der Waals surface area contributed by atoms with Crippen LogP contribution in [0.15, 0.2) is 30.3 Å². The van der Waals surface area contributed by atoms with E-state index in [1.165, 1.54) is 31.2 Å². The third kappa shape index (κ3) is 4.94. The van der Waals surface area contributed by atoms with E-state index in [9.17, 15) is 14.3 Å². The number of benzene rings is 2. The molecule has 190 valence electrons. The molecular formula is C30H40FNO3. The lowest BCUT2D eigenvalue weighted by atomic mass is 9.77. The van der Waals surface area contributed by atoms with Crippen molar-refractivity contribution in [3.05, 3.63) is 41.5 Å². The summed E-state index contributed by atoms with van der Waals surface area (Å²) < 4.78 is 20.8. The van der Waals surface area contributed by atoms with Crippen LogP contribution in [0, 0.1) is 11.8 Å². The van der Waals surface area contributed by atoms with Crippen molar-refractivity contribution >= 4 is 16.7 Å². The zero-order valence-electron chi connectivity index (χ0n) is 21.2. The molecule has 3 aliphatic rings. The Balaban J connectivity index is 1.40. The Morgan fingerprint density at radius 1 is 1.09 bits per heavy atom. The lowest BCUT2D eigenvalue weighted by Gasteiger charge is -2.51. The molecule has 5 heteroatoms. The Labute approximate surface area is 208 Å². The summed E-state index contributed by atoms with van der Waals surface area (Å²) in [6.45, 7) is 3.95. The number of alkyl halides is 1. The van der Waals surface area contributed by atoms with Gasteiger partial charge >= 0.3 is 5.97 Å². The second-order valence-corrected chi connectivity index (χ2v) is 11.2. The SMILES string of the molecule is CC[C@H]1CC[C@@H](Oc2ccc3ccc(C(C)N4C5CCCC4CC(C(=O)O)C5)cc3c2CF)CC1. The van der Waals surface area contributed by atoms with Gasteiger partial charge < -0.3 is 9.84 Å². The van der Waals surface area contributed by atoms with Gasteiger partial charge in [0.25, 0.3) is 0 Å². The highest BCUT2D eigenvalue weighted by Gasteiger charge is 2.42. The Morgan fingerprint density at radius 2 is 1.77 bits per heavy atom. The zero-order chi connectivity index (χ0) is 24.5. The number of ether oxygens (including phenoxy) is 1. The number of carbonyl (C=O) groups is 1. The first-order chi connectivity index (χ1) is 17.0. The molecule has 2 heterocycles. The number of carboxylic acids is 1. The van der Waals surface area contributed by atoms with Gasteiger partial charge in [-0.3, -0.25) is 9.69 Å². The highest BCUT2D eigenvalue weighted by atomic mass is 19.1. The molecule has 1 aliphatic carbocycles. The van der Waals surface area contributed by atoms with Crippen LogP contribution in [0.2, 0.25) is 0 Å². The topological polar surface area (TPSA) is 49.8 Å². The number of hydrogen-bond donors (Lipinski definition) is 1. The molecule has 3 fully saturated rings. The van der Waals surface area contributed by atoms with Crippen molar-refractivity contribution in [2.75, 3.05) is 0 Å². The summed E-state index contributed by atoms with van der Waals surface area (Å²) in [5, 5.41) is 11.6. The van der Waals surface area contributed by atoms with Crippen molar-refractivity contribution in [3.8, 4) is 5.75 Å². The number of carboxylic acid groups (broad SMARTS) is 1. The van der Waals surface area contributed by atoms with E-state index in [-0.39, 0.29) is 18.1 Å². The molecule has 2 aromatic carbocycles. The molecule has 1 N–H and O–H groups in total. The fraction of sp³-hybridized carbons (Fsp3) is 0.633. The lowest BCUT2D eigenvalue weighted by molar-refractivity contribution is -0.147. The van der Waals surface area contributed by atoms with Crippen LogP contribution in [-0.4, -0.2) is 34.2 Å². The molecule has 3 unspecified atom stereocenters. The molecule has 5 rings (SSSR count). The molecule has 0 amide bonds. The molecule has 0 spiro atoms. The number of aliphatic carboxylic acids is 1. The molecule has 3 atom stereocenters. The van der Waals surface area contributed by atoms with Gasteiger partial charge in [0.15, 0.2) is 0 Å². The van der Waals surface area contributed by atoms with Gasteiger partial charge in [0.1, 0.15) is 12.4 Å². The Morgan fingerprint density at radius 3 is 2.40 bits per heavy atom. The number of fused-ring (bicyclic) bond motifs is 3. The van der Waals surface area contributed by atoms with Gasteiger partial charge in [-0.15, -0.1) is 0 Å². The summed E-state index contributed by atoms with van der Waals surface area (Å²) in [4.78, 5) is 14.3. The Kier molecular flexibility index (Phi) is 7.34. The maximum absolute atomic E-state index is 14.4. The second kappa shape index (κ2) is 10.5. The van der Waals surface area contributed by atoms with Crippen LogP contribution in [-0.2, 0) is 11.5 Å². The third-order valence-electron chi connectivity index (χ3n) is 9.22. The first-order valence-corrected chi connectivity index (χ1v) is 13.8. The van der Waals surface area contributed by atoms with Crippen LogP contribution in [0.5, 0.6) is 5.75 Å².